The fourth-order valence-electron chi connectivity index (χ4n) is 0.716. The summed E-state index contributed by atoms with van der Waals surface area (Å²) in [5.41, 5.74) is 0. The molecule has 0 aliphatic rings. The van der Waals surface area contributed by atoms with Gasteiger partial charge in [0.05, 0.1) is 0 Å². The van der Waals surface area contributed by atoms with Crippen molar-refractivity contribution in [2.75, 3.05) is 6.61 Å². The molecule has 0 aromatic heterocycles. The largest absolute Gasteiger partial charge is 0.473 e. The molecule has 0 spiro atoms. The van der Waals surface area contributed by atoms with E-state index in [1.165, 1.54) is 6.92 Å². The Kier molecular flexibility index (Phi) is 7.97. The minimum Gasteiger partial charge on any atom is -0.473 e. The van der Waals surface area contributed by atoms with Gasteiger partial charge in [0.25, 0.3) is 7.59 Å². The number of hydrogen-bond acceptors (Lipinski definition) is 4. The minimum absolute atomic E-state index is 0.267. The molecule has 0 amide bonds. The highest BCUT2D eigenvalue weighted by Crippen LogP contribution is 2.29. The first-order valence-electron chi connectivity index (χ1n) is 4.51. The average Bonchev–Trinajstić information content (AvgIpc) is 2.22. The van der Waals surface area contributed by atoms with Crippen molar-refractivity contribution in [1.29, 1.82) is 10.8 Å². The molecule has 108 valence electrons. The Morgan fingerprint density at radius 2 is 1.53 bits per heavy atom. The van der Waals surface area contributed by atoms with Crippen molar-refractivity contribution in [3.05, 3.63) is 0 Å². The molecule has 0 saturated carbocycles. The predicted octanol–water partition coefficient (Wildman–Crippen LogP) is 4.11. The Labute approximate surface area is 140 Å². The van der Waals surface area contributed by atoms with E-state index in [2.05, 4.69) is 11.8 Å². The van der Waals surface area contributed by atoms with E-state index in [-0.39, 0.29) is 6.61 Å². The second-order valence-corrected chi connectivity index (χ2v) is 7.53. The van der Waals surface area contributed by atoms with E-state index < -0.39 is 25.5 Å². The molecule has 19 heavy (non-hydrogen) atoms. The zero-order valence-electron chi connectivity index (χ0n) is 9.37. The van der Waals surface area contributed by atoms with Crippen LogP contribution in [-0.4, -0.2) is 32.1 Å². The molecular formula is C9H8Cl6N2O2. The van der Waals surface area contributed by atoms with Crippen LogP contribution in [0.25, 0.3) is 0 Å². The SMILES string of the molecule is CC#CC(COC(=N)C(Cl)(Cl)Cl)OC(=N)C(Cl)(Cl)Cl. The van der Waals surface area contributed by atoms with Crippen LogP contribution in [0.2, 0.25) is 0 Å². The molecule has 0 saturated heterocycles. The van der Waals surface area contributed by atoms with Crippen molar-refractivity contribution < 1.29 is 9.47 Å². The number of halogens is 6. The molecule has 0 aromatic carbocycles. The maximum atomic E-state index is 7.38. The Bertz CT molecular complexity index is 404. The molecule has 0 aromatic rings. The van der Waals surface area contributed by atoms with Gasteiger partial charge in [-0.3, -0.25) is 10.8 Å². The second-order valence-electron chi connectivity index (χ2n) is 2.97. The lowest BCUT2D eigenvalue weighted by Gasteiger charge is -2.20. The van der Waals surface area contributed by atoms with Crippen LogP contribution in [0.1, 0.15) is 6.92 Å². The van der Waals surface area contributed by atoms with Crippen molar-refractivity contribution in [2.24, 2.45) is 0 Å². The Hall–Kier alpha value is 0.240. The summed E-state index contributed by atoms with van der Waals surface area (Å²) in [5, 5.41) is 14.7. The van der Waals surface area contributed by atoms with Gasteiger partial charge in [0.15, 0.2) is 6.10 Å². The van der Waals surface area contributed by atoms with Crippen molar-refractivity contribution in [3.63, 3.8) is 0 Å². The smallest absolute Gasteiger partial charge is 0.265 e. The first-order chi connectivity index (χ1) is 8.48. The third-order valence-corrected chi connectivity index (χ3v) is 2.49. The third-order valence-electron chi connectivity index (χ3n) is 1.46. The molecule has 10 heteroatoms. The summed E-state index contributed by atoms with van der Waals surface area (Å²) in [4.78, 5) is 0. The fraction of sp³-hybridized carbons (Fsp3) is 0.556. The molecule has 1 atom stereocenters. The summed E-state index contributed by atoms with van der Waals surface area (Å²) >= 11 is 32.6. The minimum atomic E-state index is -2.02. The lowest BCUT2D eigenvalue weighted by molar-refractivity contribution is 0.148. The summed E-state index contributed by atoms with van der Waals surface area (Å²) in [5.74, 6) is 3.85. The number of nitrogens with one attached hydrogen (secondary N) is 2. The van der Waals surface area contributed by atoms with Crippen LogP contribution in [0, 0.1) is 22.7 Å². The van der Waals surface area contributed by atoms with Crippen molar-refractivity contribution in [2.45, 2.75) is 20.6 Å². The van der Waals surface area contributed by atoms with Gasteiger partial charge in [-0.2, -0.15) is 0 Å². The quantitative estimate of drug-likeness (QED) is 0.331. The third kappa shape index (κ3) is 8.19. The zero-order valence-corrected chi connectivity index (χ0v) is 13.9. The highest BCUT2D eigenvalue weighted by molar-refractivity contribution is 6.76. The molecule has 0 rings (SSSR count). The fourth-order valence-corrected chi connectivity index (χ4v) is 1.01. The van der Waals surface area contributed by atoms with Gasteiger partial charge in [-0.25, -0.2) is 0 Å². The topological polar surface area (TPSA) is 66.2 Å². The maximum absolute atomic E-state index is 7.38. The molecule has 2 N–H and O–H groups in total. The number of ether oxygens (including phenoxy) is 2. The van der Waals surface area contributed by atoms with Crippen LogP contribution in [-0.2, 0) is 9.47 Å². The highest BCUT2D eigenvalue weighted by atomic mass is 35.6. The van der Waals surface area contributed by atoms with Crippen LogP contribution < -0.4 is 0 Å². The van der Waals surface area contributed by atoms with Crippen molar-refractivity contribution in [3.8, 4) is 11.8 Å². The monoisotopic (exact) mass is 386 g/mol. The van der Waals surface area contributed by atoms with E-state index in [4.69, 9.17) is 89.9 Å². The van der Waals surface area contributed by atoms with E-state index in [1.54, 1.807) is 0 Å². The summed E-state index contributed by atoms with van der Waals surface area (Å²) in [6, 6.07) is 0. The second kappa shape index (κ2) is 7.87. The summed E-state index contributed by atoms with van der Waals surface area (Å²) in [6.07, 6.45) is -0.944. The van der Waals surface area contributed by atoms with Crippen LogP contribution in [0.4, 0.5) is 0 Å². The predicted molar refractivity (Wildman–Crippen MR) is 80.3 cm³/mol. The van der Waals surface area contributed by atoms with E-state index in [0.717, 1.165) is 0 Å². The molecule has 0 aliphatic heterocycles. The molecule has 0 heterocycles. The Morgan fingerprint density at radius 3 is 1.89 bits per heavy atom. The van der Waals surface area contributed by atoms with Crippen molar-refractivity contribution >= 4 is 81.4 Å². The van der Waals surface area contributed by atoms with Gasteiger partial charge in [-0.05, 0) is 6.92 Å². The lowest BCUT2D eigenvalue weighted by Crippen LogP contribution is -2.32. The van der Waals surface area contributed by atoms with Gasteiger partial charge < -0.3 is 9.47 Å². The summed E-state index contributed by atoms with van der Waals surface area (Å²) in [6.45, 7) is 1.27. The molecule has 0 radical (unpaired) electrons. The van der Waals surface area contributed by atoms with Crippen LogP contribution in [0.3, 0.4) is 0 Å². The normalized spacial score (nSPS) is 13.0. The van der Waals surface area contributed by atoms with Gasteiger partial charge in [0.2, 0.25) is 11.8 Å². The first-order valence-corrected chi connectivity index (χ1v) is 6.78. The number of hydrogen-bond donors (Lipinski definition) is 2. The molecule has 0 bridgehead atoms. The van der Waals surface area contributed by atoms with Gasteiger partial charge in [-0.1, -0.05) is 75.5 Å². The molecule has 1 unspecified atom stereocenters. The van der Waals surface area contributed by atoms with E-state index in [0.29, 0.717) is 0 Å². The van der Waals surface area contributed by atoms with E-state index >= 15 is 0 Å². The van der Waals surface area contributed by atoms with Gasteiger partial charge in [-0.15, -0.1) is 5.92 Å². The first kappa shape index (κ1) is 19.2. The summed E-state index contributed by atoms with van der Waals surface area (Å²) in [7, 11) is 0. The van der Waals surface area contributed by atoms with E-state index in [9.17, 15) is 0 Å². The molecular weight excluding hydrogens is 381 g/mol. The van der Waals surface area contributed by atoms with Gasteiger partial charge in [0.1, 0.15) is 6.61 Å². The lowest BCUT2D eigenvalue weighted by atomic mass is 10.4. The summed E-state index contributed by atoms with van der Waals surface area (Å²) < 4.78 is 5.84. The van der Waals surface area contributed by atoms with Gasteiger partial charge in [0, 0.05) is 0 Å². The maximum Gasteiger partial charge on any atom is 0.265 e. The van der Waals surface area contributed by atoms with Crippen LogP contribution in [0.15, 0.2) is 0 Å². The van der Waals surface area contributed by atoms with E-state index in [1.807, 2.05) is 0 Å². The van der Waals surface area contributed by atoms with Crippen LogP contribution in [0.5, 0.6) is 0 Å². The van der Waals surface area contributed by atoms with Crippen LogP contribution >= 0.6 is 69.6 Å². The standard InChI is InChI=1S/C9H8Cl6N2O2/c1-2-3-5(19-7(17)9(13,14)15)4-18-6(16)8(10,11)12/h5,16-17H,4H2,1H3. The Balaban J connectivity index is 4.56. The van der Waals surface area contributed by atoms with Gasteiger partial charge >= 0.3 is 0 Å². The zero-order chi connectivity index (χ0) is 15.3. The average molecular weight is 389 g/mol. The molecule has 4 nitrogen and oxygen atoms in total. The number of rotatable bonds is 3. The molecule has 0 aliphatic carbocycles. The Morgan fingerprint density at radius 1 is 1.05 bits per heavy atom. The number of alkyl halides is 6. The van der Waals surface area contributed by atoms with Crippen molar-refractivity contribution in [1.82, 2.24) is 0 Å². The molecule has 0 fully saturated rings. The highest BCUT2D eigenvalue weighted by Gasteiger charge is 2.32.